The Morgan fingerprint density at radius 1 is 1.12 bits per heavy atom. The maximum absolute atomic E-state index is 12.9. The van der Waals surface area contributed by atoms with Crippen LogP contribution in [0.1, 0.15) is 5.76 Å². The van der Waals surface area contributed by atoms with Crippen molar-refractivity contribution in [3.05, 3.63) is 81.4 Å². The Labute approximate surface area is 194 Å². The lowest BCUT2D eigenvalue weighted by molar-refractivity contribution is -0.384. The van der Waals surface area contributed by atoms with E-state index in [9.17, 15) is 14.9 Å². The molecule has 1 aliphatic heterocycles. The number of nitro groups is 1. The molecule has 0 saturated carbocycles. The van der Waals surface area contributed by atoms with Crippen LogP contribution in [0.3, 0.4) is 0 Å². The minimum atomic E-state index is -0.462. The number of thiocarbonyl (C=S) groups is 1. The van der Waals surface area contributed by atoms with Crippen molar-refractivity contribution in [2.75, 3.05) is 5.43 Å². The lowest BCUT2D eigenvalue weighted by Crippen LogP contribution is -2.33. The molecule has 32 heavy (non-hydrogen) atoms. The first kappa shape index (κ1) is 20.4. The third-order valence-corrected chi connectivity index (χ3v) is 6.80. The highest BCUT2D eigenvalue weighted by molar-refractivity contribution is 8.26. The number of carbonyl (C=O) groups is 1. The predicted octanol–water partition coefficient (Wildman–Crippen LogP) is 5.69. The van der Waals surface area contributed by atoms with E-state index in [-0.39, 0.29) is 11.6 Å². The molecule has 1 amide bonds. The van der Waals surface area contributed by atoms with E-state index in [1.54, 1.807) is 36.4 Å². The number of aromatic nitrogens is 1. The van der Waals surface area contributed by atoms with E-state index in [1.807, 2.05) is 24.3 Å². The van der Waals surface area contributed by atoms with Crippen molar-refractivity contribution in [3.8, 4) is 11.3 Å². The van der Waals surface area contributed by atoms with Crippen LogP contribution in [0, 0.1) is 10.1 Å². The number of nitrogens with zero attached hydrogens (tertiary/aromatic N) is 3. The first-order valence-electron chi connectivity index (χ1n) is 9.23. The summed E-state index contributed by atoms with van der Waals surface area (Å²) in [5.74, 6) is 0.396. The van der Waals surface area contributed by atoms with Gasteiger partial charge in [-0.3, -0.25) is 20.3 Å². The molecule has 0 aliphatic carbocycles. The predicted molar refractivity (Wildman–Crippen MR) is 129 cm³/mol. The van der Waals surface area contributed by atoms with Crippen LogP contribution in [0.25, 0.3) is 27.6 Å². The second-order valence-corrected chi connectivity index (χ2v) is 9.30. The summed E-state index contributed by atoms with van der Waals surface area (Å²) >= 11 is 7.91. The molecule has 2 aromatic carbocycles. The Hall–Kier alpha value is -3.54. The number of fused-ring (bicyclic) bond motifs is 1. The smallest absolute Gasteiger partial charge is 0.285 e. The van der Waals surface area contributed by atoms with Gasteiger partial charge in [-0.15, -0.1) is 0 Å². The number of anilines is 1. The number of hydrazine groups is 1. The van der Waals surface area contributed by atoms with E-state index in [2.05, 4.69) is 10.4 Å². The van der Waals surface area contributed by atoms with E-state index in [1.165, 1.54) is 22.4 Å². The zero-order valence-corrected chi connectivity index (χ0v) is 18.5. The van der Waals surface area contributed by atoms with Crippen LogP contribution in [0.2, 0.25) is 0 Å². The van der Waals surface area contributed by atoms with E-state index >= 15 is 0 Å². The molecule has 0 atom stereocenters. The van der Waals surface area contributed by atoms with Gasteiger partial charge in [-0.2, -0.15) is 5.01 Å². The summed E-state index contributed by atoms with van der Waals surface area (Å²) in [6, 6.07) is 17.3. The average molecular weight is 481 g/mol. The lowest BCUT2D eigenvalue weighted by Gasteiger charge is -2.14. The van der Waals surface area contributed by atoms with Crippen molar-refractivity contribution in [3.63, 3.8) is 0 Å². The summed E-state index contributed by atoms with van der Waals surface area (Å²) in [6.45, 7) is 0. The summed E-state index contributed by atoms with van der Waals surface area (Å²) in [7, 11) is 0. The van der Waals surface area contributed by atoms with Crippen LogP contribution in [-0.2, 0) is 4.79 Å². The Kier molecular flexibility index (Phi) is 5.21. The molecular weight excluding hydrogens is 468 g/mol. The average Bonchev–Trinajstić information content (AvgIpc) is 3.48. The largest absolute Gasteiger partial charge is 0.456 e. The molecule has 4 aromatic rings. The summed E-state index contributed by atoms with van der Waals surface area (Å²) in [6.07, 6.45) is 1.57. The first-order chi connectivity index (χ1) is 15.5. The monoisotopic (exact) mass is 480 g/mol. The second-order valence-electron chi connectivity index (χ2n) is 6.59. The number of thiazole rings is 1. The van der Waals surface area contributed by atoms with Gasteiger partial charge < -0.3 is 4.42 Å². The third-order valence-electron chi connectivity index (χ3n) is 4.56. The summed E-state index contributed by atoms with van der Waals surface area (Å²) in [4.78, 5) is 28.5. The van der Waals surface area contributed by atoms with Crippen LogP contribution in [-0.4, -0.2) is 25.1 Å². The number of benzene rings is 2. The van der Waals surface area contributed by atoms with E-state index < -0.39 is 4.92 Å². The van der Waals surface area contributed by atoms with Crippen molar-refractivity contribution in [1.29, 1.82) is 0 Å². The summed E-state index contributed by atoms with van der Waals surface area (Å²) in [5, 5.41) is 13.1. The fourth-order valence-electron chi connectivity index (χ4n) is 3.13. The zero-order valence-electron chi connectivity index (χ0n) is 16.1. The minimum Gasteiger partial charge on any atom is -0.456 e. The number of nitrogens with one attached hydrogen (secondary N) is 1. The van der Waals surface area contributed by atoms with Crippen LogP contribution in [0.4, 0.5) is 10.8 Å². The van der Waals surface area contributed by atoms with Gasteiger partial charge in [-0.05, 0) is 42.5 Å². The summed E-state index contributed by atoms with van der Waals surface area (Å²) < 4.78 is 7.09. The van der Waals surface area contributed by atoms with Crippen molar-refractivity contribution < 1.29 is 14.1 Å². The molecule has 0 radical (unpaired) electrons. The highest BCUT2D eigenvalue weighted by Gasteiger charge is 2.33. The number of hydrogen-bond donors (Lipinski definition) is 1. The van der Waals surface area contributed by atoms with Gasteiger partial charge in [-0.1, -0.05) is 47.4 Å². The van der Waals surface area contributed by atoms with Gasteiger partial charge in [0.05, 0.1) is 25.6 Å². The number of carbonyl (C=O) groups excluding carboxylic acids is 1. The van der Waals surface area contributed by atoms with Crippen molar-refractivity contribution in [2.24, 2.45) is 0 Å². The van der Waals surface area contributed by atoms with Gasteiger partial charge in [0.1, 0.15) is 11.5 Å². The minimum absolute atomic E-state index is 0.0558. The first-order valence-corrected chi connectivity index (χ1v) is 11.3. The standard InChI is InChI=1S/C21H12N4O4S3/c26-19-18(11-12-9-10-16(29-12)13-5-1-3-7-15(13)25(27)28)32-21(30)24(19)23-20-22-14-6-2-4-8-17(14)31-20/h1-11H,(H,22,23)/b18-11-. The summed E-state index contributed by atoms with van der Waals surface area (Å²) in [5.41, 5.74) is 4.12. The zero-order chi connectivity index (χ0) is 22.2. The molecule has 0 bridgehead atoms. The Balaban J connectivity index is 1.38. The van der Waals surface area contributed by atoms with E-state index in [4.69, 9.17) is 16.6 Å². The topological polar surface area (TPSA) is 102 Å². The van der Waals surface area contributed by atoms with Gasteiger partial charge in [0.2, 0.25) is 5.13 Å². The van der Waals surface area contributed by atoms with Gasteiger partial charge in [0.25, 0.3) is 11.6 Å². The number of nitro benzene ring substituents is 1. The number of amides is 1. The highest BCUT2D eigenvalue weighted by Crippen LogP contribution is 2.36. The maximum Gasteiger partial charge on any atom is 0.285 e. The lowest BCUT2D eigenvalue weighted by atomic mass is 10.1. The normalized spacial score (nSPS) is 15.1. The molecule has 1 N–H and O–H groups in total. The van der Waals surface area contributed by atoms with Crippen LogP contribution in [0.5, 0.6) is 0 Å². The Morgan fingerprint density at radius 2 is 1.91 bits per heavy atom. The molecule has 158 valence electrons. The SMILES string of the molecule is O=C1/C(=C/c2ccc(-c3ccccc3[N+](=O)[O-])o2)SC(=S)N1Nc1nc2ccccc2s1. The molecule has 3 heterocycles. The molecule has 5 rings (SSSR count). The number of hydrogen-bond acceptors (Lipinski definition) is 9. The molecule has 1 aliphatic rings. The molecule has 0 unspecified atom stereocenters. The molecule has 2 aromatic heterocycles. The van der Waals surface area contributed by atoms with Crippen LogP contribution >= 0.6 is 35.3 Å². The number of rotatable bonds is 5. The second kappa shape index (κ2) is 8.19. The molecule has 1 fully saturated rings. The number of thioether (sulfide) groups is 1. The molecule has 0 spiro atoms. The van der Waals surface area contributed by atoms with Crippen molar-refractivity contribution >= 4 is 72.7 Å². The molecule has 8 nitrogen and oxygen atoms in total. The van der Waals surface area contributed by atoms with Gasteiger partial charge >= 0.3 is 0 Å². The molecular formula is C21H12N4O4S3. The van der Waals surface area contributed by atoms with Crippen molar-refractivity contribution in [1.82, 2.24) is 9.99 Å². The van der Waals surface area contributed by atoms with Gasteiger partial charge in [0.15, 0.2) is 4.32 Å². The fourth-order valence-corrected chi connectivity index (χ4v) is 5.14. The Morgan fingerprint density at radius 3 is 2.72 bits per heavy atom. The Bertz CT molecular complexity index is 1390. The number of furan rings is 1. The quantitative estimate of drug-likeness (QED) is 0.168. The maximum atomic E-state index is 12.9. The fraction of sp³-hybridized carbons (Fsp3) is 0. The van der Waals surface area contributed by atoms with Crippen LogP contribution in [0.15, 0.2) is 70.0 Å². The van der Waals surface area contributed by atoms with E-state index in [0.717, 1.165) is 22.0 Å². The van der Waals surface area contributed by atoms with E-state index in [0.29, 0.717) is 31.4 Å². The van der Waals surface area contributed by atoms with Gasteiger partial charge in [-0.25, -0.2) is 4.98 Å². The highest BCUT2D eigenvalue weighted by atomic mass is 32.2. The third kappa shape index (κ3) is 3.77. The van der Waals surface area contributed by atoms with Gasteiger partial charge in [0, 0.05) is 12.1 Å². The number of para-hydroxylation sites is 2. The van der Waals surface area contributed by atoms with Crippen LogP contribution < -0.4 is 5.43 Å². The van der Waals surface area contributed by atoms with Crippen molar-refractivity contribution in [2.45, 2.75) is 0 Å². The molecule has 1 saturated heterocycles. The molecule has 11 heteroatoms.